The standard InChI is InChI=1S/C11H11Br3O5S/c12-8-4-7(11(14)9(13)6-8)5-10(15)19-2-1-3-20(16,17)18/h4,6H,1-3,5H2,(H,16,17,18). The summed E-state index contributed by atoms with van der Waals surface area (Å²) >= 11 is 10.0. The smallest absolute Gasteiger partial charge is 0.310 e. The van der Waals surface area contributed by atoms with Crippen LogP contribution in [0.5, 0.6) is 0 Å². The lowest BCUT2D eigenvalue weighted by molar-refractivity contribution is -0.142. The Morgan fingerprint density at radius 1 is 1.25 bits per heavy atom. The van der Waals surface area contributed by atoms with Crippen molar-refractivity contribution in [3.05, 3.63) is 31.1 Å². The minimum absolute atomic E-state index is 0.0502. The summed E-state index contributed by atoms with van der Waals surface area (Å²) in [4.78, 5) is 11.6. The first kappa shape index (κ1) is 18.1. The Morgan fingerprint density at radius 3 is 2.50 bits per heavy atom. The van der Waals surface area contributed by atoms with Gasteiger partial charge in [0.05, 0.1) is 18.8 Å². The van der Waals surface area contributed by atoms with Crippen LogP contribution in [0.2, 0.25) is 0 Å². The maximum atomic E-state index is 11.6. The Kier molecular flexibility index (Phi) is 7.13. The summed E-state index contributed by atoms with van der Waals surface area (Å²) in [7, 11) is -4.01. The van der Waals surface area contributed by atoms with Gasteiger partial charge in [0.25, 0.3) is 10.1 Å². The molecule has 5 nitrogen and oxygen atoms in total. The number of halogens is 3. The maximum Gasteiger partial charge on any atom is 0.310 e. The van der Waals surface area contributed by atoms with Gasteiger partial charge in [0.1, 0.15) is 0 Å². The van der Waals surface area contributed by atoms with Crippen LogP contribution in [0.25, 0.3) is 0 Å². The Hall–Kier alpha value is 0.0400. The fraction of sp³-hybridized carbons (Fsp3) is 0.364. The third-order valence-electron chi connectivity index (χ3n) is 2.21. The van der Waals surface area contributed by atoms with E-state index in [9.17, 15) is 13.2 Å². The van der Waals surface area contributed by atoms with E-state index in [1.807, 2.05) is 6.07 Å². The van der Waals surface area contributed by atoms with Crippen molar-refractivity contribution >= 4 is 63.9 Å². The Labute approximate surface area is 142 Å². The van der Waals surface area contributed by atoms with E-state index >= 15 is 0 Å². The van der Waals surface area contributed by atoms with E-state index in [1.165, 1.54) is 0 Å². The predicted octanol–water partition coefficient (Wildman–Crippen LogP) is 3.34. The van der Waals surface area contributed by atoms with E-state index < -0.39 is 21.8 Å². The van der Waals surface area contributed by atoms with Crippen molar-refractivity contribution in [1.82, 2.24) is 0 Å². The lowest BCUT2D eigenvalue weighted by Gasteiger charge is -2.08. The molecular formula is C11H11Br3O5S. The van der Waals surface area contributed by atoms with Crippen molar-refractivity contribution in [1.29, 1.82) is 0 Å². The second-order valence-electron chi connectivity index (χ2n) is 3.90. The first-order valence-corrected chi connectivity index (χ1v) is 9.42. The molecule has 1 aromatic rings. The molecule has 1 aromatic carbocycles. The highest BCUT2D eigenvalue weighted by Gasteiger charge is 2.12. The molecule has 0 saturated heterocycles. The van der Waals surface area contributed by atoms with Crippen LogP contribution >= 0.6 is 47.8 Å². The zero-order valence-corrected chi connectivity index (χ0v) is 15.7. The summed E-state index contributed by atoms with van der Waals surface area (Å²) in [5.41, 5.74) is 0.742. The Balaban J connectivity index is 2.51. The van der Waals surface area contributed by atoms with Crippen molar-refractivity contribution in [2.45, 2.75) is 12.8 Å². The van der Waals surface area contributed by atoms with E-state index in [0.29, 0.717) is 0 Å². The normalized spacial score (nSPS) is 11.4. The SMILES string of the molecule is O=C(Cc1cc(Br)cc(Br)c1Br)OCCCS(=O)(=O)O. The summed E-state index contributed by atoms with van der Waals surface area (Å²) < 4.78 is 36.8. The van der Waals surface area contributed by atoms with E-state index in [4.69, 9.17) is 9.29 Å². The molecule has 0 aliphatic heterocycles. The fourth-order valence-electron chi connectivity index (χ4n) is 1.37. The van der Waals surface area contributed by atoms with Gasteiger partial charge in [-0.25, -0.2) is 0 Å². The molecular weight excluding hydrogens is 484 g/mol. The average Bonchev–Trinajstić information content (AvgIpc) is 2.30. The number of esters is 1. The summed E-state index contributed by atoms with van der Waals surface area (Å²) in [5.74, 6) is -0.891. The van der Waals surface area contributed by atoms with Gasteiger partial charge in [0.15, 0.2) is 0 Å². The second-order valence-corrected chi connectivity index (χ2v) is 8.03. The molecule has 9 heteroatoms. The van der Waals surface area contributed by atoms with Gasteiger partial charge >= 0.3 is 5.97 Å². The molecule has 0 atom stereocenters. The van der Waals surface area contributed by atoms with Crippen LogP contribution in [-0.4, -0.2) is 31.3 Å². The molecule has 0 aliphatic carbocycles. The van der Waals surface area contributed by atoms with Crippen LogP contribution in [0.15, 0.2) is 25.6 Å². The molecule has 0 saturated carbocycles. The Bertz CT molecular complexity index is 600. The lowest BCUT2D eigenvalue weighted by Crippen LogP contribution is -2.12. The number of hydrogen-bond donors (Lipinski definition) is 1. The van der Waals surface area contributed by atoms with Gasteiger partial charge in [-0.2, -0.15) is 8.42 Å². The third kappa shape index (κ3) is 6.66. The number of benzene rings is 1. The number of rotatable bonds is 6. The molecule has 1 N–H and O–H groups in total. The van der Waals surface area contributed by atoms with Gasteiger partial charge in [-0.05, 0) is 56.0 Å². The van der Waals surface area contributed by atoms with Crippen molar-refractivity contribution in [3.8, 4) is 0 Å². The zero-order valence-electron chi connectivity index (χ0n) is 10.1. The van der Waals surface area contributed by atoms with Gasteiger partial charge in [0.2, 0.25) is 0 Å². The summed E-state index contributed by atoms with van der Waals surface area (Å²) in [6.07, 6.45) is 0.123. The summed E-state index contributed by atoms with van der Waals surface area (Å²) in [6, 6.07) is 3.62. The number of hydrogen-bond acceptors (Lipinski definition) is 4. The molecule has 0 aliphatic rings. The molecule has 1 rings (SSSR count). The van der Waals surface area contributed by atoms with Crippen LogP contribution in [0.3, 0.4) is 0 Å². The van der Waals surface area contributed by atoms with E-state index in [2.05, 4.69) is 47.8 Å². The van der Waals surface area contributed by atoms with Crippen LogP contribution in [0.4, 0.5) is 0 Å². The Morgan fingerprint density at radius 2 is 1.90 bits per heavy atom. The first-order valence-electron chi connectivity index (χ1n) is 5.43. The predicted molar refractivity (Wildman–Crippen MR) is 85.2 cm³/mol. The largest absolute Gasteiger partial charge is 0.465 e. The minimum atomic E-state index is -4.01. The van der Waals surface area contributed by atoms with Gasteiger partial charge in [-0.15, -0.1) is 0 Å². The van der Waals surface area contributed by atoms with Gasteiger partial charge in [-0.1, -0.05) is 15.9 Å². The molecule has 0 spiro atoms. The van der Waals surface area contributed by atoms with Crippen LogP contribution in [-0.2, 0) is 26.1 Å². The highest BCUT2D eigenvalue weighted by molar-refractivity contribution is 9.13. The lowest BCUT2D eigenvalue weighted by atomic mass is 10.1. The summed E-state index contributed by atoms with van der Waals surface area (Å²) in [6.45, 7) is -0.0502. The quantitative estimate of drug-likeness (QED) is 0.284. The molecule has 0 amide bonds. The first-order chi connectivity index (χ1) is 9.19. The third-order valence-corrected chi connectivity index (χ3v) is 5.57. The fourth-order valence-corrected chi connectivity index (χ4v) is 3.54. The number of ether oxygens (including phenoxy) is 1. The monoisotopic (exact) mass is 492 g/mol. The maximum absolute atomic E-state index is 11.6. The van der Waals surface area contributed by atoms with Gasteiger partial charge in [-0.3, -0.25) is 9.35 Å². The highest BCUT2D eigenvalue weighted by Crippen LogP contribution is 2.31. The van der Waals surface area contributed by atoms with Crippen molar-refractivity contribution < 1.29 is 22.5 Å². The molecule has 0 radical (unpaired) electrons. The van der Waals surface area contributed by atoms with Gasteiger partial charge in [0, 0.05) is 13.4 Å². The van der Waals surface area contributed by atoms with Crippen molar-refractivity contribution in [3.63, 3.8) is 0 Å². The topological polar surface area (TPSA) is 80.7 Å². The van der Waals surface area contributed by atoms with E-state index in [-0.39, 0.29) is 19.4 Å². The van der Waals surface area contributed by atoms with E-state index in [1.54, 1.807) is 6.07 Å². The van der Waals surface area contributed by atoms with E-state index in [0.717, 1.165) is 19.0 Å². The molecule has 20 heavy (non-hydrogen) atoms. The molecule has 0 fully saturated rings. The molecule has 0 heterocycles. The van der Waals surface area contributed by atoms with Crippen LogP contribution in [0.1, 0.15) is 12.0 Å². The van der Waals surface area contributed by atoms with Crippen LogP contribution in [0, 0.1) is 0 Å². The zero-order chi connectivity index (χ0) is 15.3. The van der Waals surface area contributed by atoms with Crippen molar-refractivity contribution in [2.75, 3.05) is 12.4 Å². The number of carbonyl (C=O) groups is 1. The van der Waals surface area contributed by atoms with Crippen LogP contribution < -0.4 is 0 Å². The molecule has 0 unspecified atom stereocenters. The molecule has 0 bridgehead atoms. The molecule has 0 aromatic heterocycles. The molecule has 112 valence electrons. The minimum Gasteiger partial charge on any atom is -0.465 e. The highest BCUT2D eigenvalue weighted by atomic mass is 79.9. The summed E-state index contributed by atoms with van der Waals surface area (Å²) in [5, 5.41) is 0. The van der Waals surface area contributed by atoms with Crippen molar-refractivity contribution in [2.24, 2.45) is 0 Å². The van der Waals surface area contributed by atoms with Gasteiger partial charge < -0.3 is 4.74 Å². The number of carbonyl (C=O) groups excluding carboxylic acids is 1. The second kappa shape index (κ2) is 7.88. The average molecular weight is 495 g/mol.